The van der Waals surface area contributed by atoms with Crippen LogP contribution in [0.5, 0.6) is 0 Å². The van der Waals surface area contributed by atoms with Gasteiger partial charge in [0, 0.05) is 13.0 Å². The standard InChI is InChI=1S/C22H21N5O3/c1-14-12-20(23-15(2)28)27(25-14)22-24-18-6-4-5-7-19(18)26(22)13-16-8-10-17(11-9-16)21(29)30-3/h4-12H,13H2,1-3H3,(H,23,28). The SMILES string of the molecule is COC(=O)c1ccc(Cn2c(-n3nc(C)cc3NC(C)=O)nc3ccccc32)cc1. The topological polar surface area (TPSA) is 91.0 Å². The lowest BCUT2D eigenvalue weighted by atomic mass is 10.1. The molecule has 0 radical (unpaired) electrons. The minimum Gasteiger partial charge on any atom is -0.465 e. The number of para-hydroxylation sites is 2. The summed E-state index contributed by atoms with van der Waals surface area (Å²) in [6.45, 7) is 3.83. The molecule has 30 heavy (non-hydrogen) atoms. The lowest BCUT2D eigenvalue weighted by Crippen LogP contribution is -2.15. The van der Waals surface area contributed by atoms with Crippen molar-refractivity contribution in [2.24, 2.45) is 0 Å². The molecule has 8 heteroatoms. The Balaban J connectivity index is 1.80. The second-order valence-electron chi connectivity index (χ2n) is 6.94. The van der Waals surface area contributed by atoms with Crippen LogP contribution in [0.4, 0.5) is 5.82 Å². The highest BCUT2D eigenvalue weighted by Crippen LogP contribution is 2.24. The zero-order valence-corrected chi connectivity index (χ0v) is 16.9. The monoisotopic (exact) mass is 403 g/mol. The van der Waals surface area contributed by atoms with Crippen LogP contribution in [0, 0.1) is 6.92 Å². The van der Waals surface area contributed by atoms with Gasteiger partial charge in [-0.3, -0.25) is 4.79 Å². The molecule has 0 bridgehead atoms. The second-order valence-corrected chi connectivity index (χ2v) is 6.94. The maximum atomic E-state index is 11.7. The van der Waals surface area contributed by atoms with Crippen LogP contribution in [0.25, 0.3) is 17.0 Å². The van der Waals surface area contributed by atoms with E-state index >= 15 is 0 Å². The van der Waals surface area contributed by atoms with E-state index in [9.17, 15) is 9.59 Å². The van der Waals surface area contributed by atoms with E-state index in [1.54, 1.807) is 22.9 Å². The molecule has 0 aliphatic carbocycles. The lowest BCUT2D eigenvalue weighted by molar-refractivity contribution is -0.114. The molecule has 0 unspecified atom stereocenters. The molecular weight excluding hydrogens is 382 g/mol. The number of methoxy groups -OCH3 is 1. The van der Waals surface area contributed by atoms with Gasteiger partial charge in [-0.15, -0.1) is 0 Å². The van der Waals surface area contributed by atoms with Crippen LogP contribution >= 0.6 is 0 Å². The molecule has 2 aromatic carbocycles. The van der Waals surface area contributed by atoms with Gasteiger partial charge in [0.25, 0.3) is 0 Å². The summed E-state index contributed by atoms with van der Waals surface area (Å²) < 4.78 is 8.43. The first-order valence-corrected chi connectivity index (χ1v) is 9.43. The number of aryl methyl sites for hydroxylation is 1. The van der Waals surface area contributed by atoms with Crippen LogP contribution in [-0.4, -0.2) is 38.3 Å². The fourth-order valence-corrected chi connectivity index (χ4v) is 3.35. The zero-order chi connectivity index (χ0) is 21.3. The quantitative estimate of drug-likeness (QED) is 0.516. The molecule has 2 aromatic heterocycles. The van der Waals surface area contributed by atoms with E-state index in [0.29, 0.717) is 23.9 Å². The number of nitrogens with zero attached hydrogens (tertiary/aromatic N) is 4. The number of aromatic nitrogens is 4. The Morgan fingerprint density at radius 3 is 2.53 bits per heavy atom. The van der Waals surface area contributed by atoms with Gasteiger partial charge in [0.1, 0.15) is 5.82 Å². The van der Waals surface area contributed by atoms with E-state index < -0.39 is 0 Å². The molecule has 4 rings (SSSR count). The fraction of sp³-hybridized carbons (Fsp3) is 0.182. The van der Waals surface area contributed by atoms with E-state index in [2.05, 4.69) is 10.4 Å². The third kappa shape index (κ3) is 3.67. The van der Waals surface area contributed by atoms with Gasteiger partial charge < -0.3 is 14.6 Å². The number of carbonyl (C=O) groups excluding carboxylic acids is 2. The molecule has 152 valence electrons. The Morgan fingerprint density at radius 2 is 1.83 bits per heavy atom. The van der Waals surface area contributed by atoms with Gasteiger partial charge in [0.15, 0.2) is 0 Å². The summed E-state index contributed by atoms with van der Waals surface area (Å²) in [6.07, 6.45) is 0. The van der Waals surface area contributed by atoms with Crippen molar-refractivity contribution >= 4 is 28.7 Å². The summed E-state index contributed by atoms with van der Waals surface area (Å²) in [5.41, 5.74) is 4.00. The highest BCUT2D eigenvalue weighted by Gasteiger charge is 2.18. The largest absolute Gasteiger partial charge is 0.465 e. The molecule has 2 heterocycles. The second kappa shape index (κ2) is 7.82. The number of imidazole rings is 1. The number of rotatable bonds is 5. The third-order valence-electron chi connectivity index (χ3n) is 4.68. The van der Waals surface area contributed by atoms with Gasteiger partial charge in [0.05, 0.1) is 35.9 Å². The first-order valence-electron chi connectivity index (χ1n) is 9.43. The molecule has 0 spiro atoms. The van der Waals surface area contributed by atoms with Crippen LogP contribution in [0.2, 0.25) is 0 Å². The Bertz CT molecular complexity index is 1240. The van der Waals surface area contributed by atoms with Crippen molar-refractivity contribution in [3.63, 3.8) is 0 Å². The Kier molecular flexibility index (Phi) is 5.05. The molecular formula is C22H21N5O3. The zero-order valence-electron chi connectivity index (χ0n) is 16.9. The van der Waals surface area contributed by atoms with E-state index in [1.165, 1.54) is 14.0 Å². The molecule has 0 atom stereocenters. The van der Waals surface area contributed by atoms with Crippen LogP contribution in [0.15, 0.2) is 54.6 Å². The number of benzene rings is 2. The summed E-state index contributed by atoms with van der Waals surface area (Å²) in [5.74, 6) is 0.585. The highest BCUT2D eigenvalue weighted by atomic mass is 16.5. The summed E-state index contributed by atoms with van der Waals surface area (Å²) in [4.78, 5) is 28.1. The lowest BCUT2D eigenvalue weighted by Gasteiger charge is -2.12. The van der Waals surface area contributed by atoms with Crippen LogP contribution in [0.3, 0.4) is 0 Å². The molecule has 4 aromatic rings. The van der Waals surface area contributed by atoms with Crippen molar-refractivity contribution in [1.82, 2.24) is 19.3 Å². The van der Waals surface area contributed by atoms with Crippen molar-refractivity contribution in [1.29, 1.82) is 0 Å². The average molecular weight is 403 g/mol. The predicted molar refractivity (Wildman–Crippen MR) is 113 cm³/mol. The number of carbonyl (C=O) groups is 2. The van der Waals surface area contributed by atoms with E-state index in [-0.39, 0.29) is 11.9 Å². The van der Waals surface area contributed by atoms with E-state index in [0.717, 1.165) is 22.3 Å². The number of ether oxygens (including phenoxy) is 1. The van der Waals surface area contributed by atoms with Gasteiger partial charge in [-0.05, 0) is 36.8 Å². The number of fused-ring (bicyclic) bond motifs is 1. The van der Waals surface area contributed by atoms with Crippen LogP contribution < -0.4 is 5.32 Å². The number of anilines is 1. The smallest absolute Gasteiger partial charge is 0.337 e. The molecule has 0 aliphatic rings. The van der Waals surface area contributed by atoms with E-state index in [4.69, 9.17) is 9.72 Å². The molecule has 1 amide bonds. The minimum absolute atomic E-state index is 0.183. The molecule has 0 saturated carbocycles. The molecule has 0 aliphatic heterocycles. The number of hydrogen-bond donors (Lipinski definition) is 1. The average Bonchev–Trinajstić information content (AvgIpc) is 3.27. The maximum Gasteiger partial charge on any atom is 0.337 e. The Morgan fingerprint density at radius 1 is 1.10 bits per heavy atom. The third-order valence-corrected chi connectivity index (χ3v) is 4.68. The fourth-order valence-electron chi connectivity index (χ4n) is 3.35. The van der Waals surface area contributed by atoms with Crippen LogP contribution in [-0.2, 0) is 16.1 Å². The first-order chi connectivity index (χ1) is 14.5. The summed E-state index contributed by atoms with van der Waals surface area (Å²) in [6, 6.07) is 16.8. The number of esters is 1. The molecule has 8 nitrogen and oxygen atoms in total. The normalized spacial score (nSPS) is 10.9. The number of amides is 1. The van der Waals surface area contributed by atoms with Crippen molar-refractivity contribution in [3.05, 3.63) is 71.4 Å². The summed E-state index contributed by atoms with van der Waals surface area (Å²) >= 11 is 0. The van der Waals surface area contributed by atoms with Gasteiger partial charge in [-0.1, -0.05) is 24.3 Å². The van der Waals surface area contributed by atoms with Crippen molar-refractivity contribution in [2.75, 3.05) is 12.4 Å². The van der Waals surface area contributed by atoms with Crippen LogP contribution in [0.1, 0.15) is 28.5 Å². The van der Waals surface area contributed by atoms with Crippen molar-refractivity contribution in [3.8, 4) is 5.95 Å². The predicted octanol–water partition coefficient (Wildman–Crippen LogP) is 3.32. The van der Waals surface area contributed by atoms with Gasteiger partial charge in [-0.2, -0.15) is 9.78 Å². The summed E-state index contributed by atoms with van der Waals surface area (Å²) in [7, 11) is 1.36. The molecule has 1 N–H and O–H groups in total. The van der Waals surface area contributed by atoms with Gasteiger partial charge in [0.2, 0.25) is 11.9 Å². The maximum absolute atomic E-state index is 11.7. The Hall–Kier alpha value is -3.94. The number of hydrogen-bond acceptors (Lipinski definition) is 5. The number of nitrogens with one attached hydrogen (secondary N) is 1. The van der Waals surface area contributed by atoms with Crippen molar-refractivity contribution in [2.45, 2.75) is 20.4 Å². The first kappa shape index (κ1) is 19.4. The highest BCUT2D eigenvalue weighted by molar-refractivity contribution is 5.89. The Labute approximate surface area is 173 Å². The van der Waals surface area contributed by atoms with Gasteiger partial charge >= 0.3 is 5.97 Å². The van der Waals surface area contributed by atoms with Gasteiger partial charge in [-0.25, -0.2) is 9.78 Å². The molecule has 0 fully saturated rings. The molecule has 0 saturated heterocycles. The minimum atomic E-state index is -0.373. The van der Waals surface area contributed by atoms with Crippen molar-refractivity contribution < 1.29 is 14.3 Å². The van der Waals surface area contributed by atoms with E-state index in [1.807, 2.05) is 47.9 Å². The summed E-state index contributed by atoms with van der Waals surface area (Å²) in [5, 5.41) is 7.35.